The lowest BCUT2D eigenvalue weighted by Gasteiger charge is -2.29. The Morgan fingerprint density at radius 3 is 3.06 bits per heavy atom. The molecule has 16 heavy (non-hydrogen) atoms. The highest BCUT2D eigenvalue weighted by molar-refractivity contribution is 9.10. The molecule has 3 heteroatoms. The number of aryl methyl sites for hydroxylation is 1. The van der Waals surface area contributed by atoms with Crippen LogP contribution in [0.2, 0.25) is 0 Å². The Kier molecular flexibility index (Phi) is 3.87. The molecule has 0 amide bonds. The SMILES string of the molecule is CCCNC1CCOc2c(C)ccc(Br)c21. The number of hydrogen-bond acceptors (Lipinski definition) is 2. The second-order valence-electron chi connectivity index (χ2n) is 4.25. The van der Waals surface area contributed by atoms with Crippen LogP contribution in [0.3, 0.4) is 0 Å². The molecule has 0 aliphatic carbocycles. The summed E-state index contributed by atoms with van der Waals surface area (Å²) in [6.07, 6.45) is 2.21. The summed E-state index contributed by atoms with van der Waals surface area (Å²) in [5, 5.41) is 3.59. The van der Waals surface area contributed by atoms with E-state index in [4.69, 9.17) is 4.74 Å². The molecule has 2 nitrogen and oxygen atoms in total. The molecule has 1 aliphatic rings. The molecule has 2 rings (SSSR count). The minimum absolute atomic E-state index is 0.429. The Bertz CT molecular complexity index is 378. The number of ether oxygens (including phenoxy) is 1. The second-order valence-corrected chi connectivity index (χ2v) is 5.11. The standard InChI is InChI=1S/C13H18BrNO/c1-3-7-15-11-6-8-16-13-9(2)4-5-10(14)12(11)13/h4-5,11,15H,3,6-8H2,1-2H3. The largest absolute Gasteiger partial charge is 0.493 e. The monoisotopic (exact) mass is 283 g/mol. The van der Waals surface area contributed by atoms with Gasteiger partial charge in [-0.25, -0.2) is 0 Å². The van der Waals surface area contributed by atoms with E-state index < -0.39 is 0 Å². The van der Waals surface area contributed by atoms with Gasteiger partial charge < -0.3 is 10.1 Å². The fourth-order valence-electron chi connectivity index (χ4n) is 2.15. The lowest BCUT2D eigenvalue weighted by atomic mass is 9.98. The Hall–Kier alpha value is -0.540. The van der Waals surface area contributed by atoms with Crippen LogP contribution >= 0.6 is 15.9 Å². The molecular weight excluding hydrogens is 266 g/mol. The molecule has 1 unspecified atom stereocenters. The Labute approximate surface area is 106 Å². The van der Waals surface area contributed by atoms with Crippen molar-refractivity contribution in [2.45, 2.75) is 32.7 Å². The van der Waals surface area contributed by atoms with E-state index in [-0.39, 0.29) is 0 Å². The van der Waals surface area contributed by atoms with Gasteiger partial charge in [-0.05, 0) is 31.5 Å². The maximum Gasteiger partial charge on any atom is 0.128 e. The van der Waals surface area contributed by atoms with Gasteiger partial charge in [-0.15, -0.1) is 0 Å². The van der Waals surface area contributed by atoms with Crippen LogP contribution in [0.5, 0.6) is 5.75 Å². The fraction of sp³-hybridized carbons (Fsp3) is 0.538. The number of benzene rings is 1. The number of halogens is 1. The van der Waals surface area contributed by atoms with Gasteiger partial charge in [0.25, 0.3) is 0 Å². The molecule has 1 aromatic rings. The topological polar surface area (TPSA) is 21.3 Å². The molecule has 1 heterocycles. The molecule has 0 fully saturated rings. The van der Waals surface area contributed by atoms with Gasteiger partial charge in [-0.3, -0.25) is 0 Å². The van der Waals surface area contributed by atoms with Crippen molar-refractivity contribution in [2.24, 2.45) is 0 Å². The highest BCUT2D eigenvalue weighted by Gasteiger charge is 2.24. The number of nitrogens with one attached hydrogen (secondary N) is 1. The van der Waals surface area contributed by atoms with Gasteiger partial charge in [0.05, 0.1) is 6.61 Å². The normalized spacial score (nSPS) is 19.1. The quantitative estimate of drug-likeness (QED) is 0.916. The van der Waals surface area contributed by atoms with Crippen LogP contribution in [0.15, 0.2) is 16.6 Å². The van der Waals surface area contributed by atoms with Crippen LogP contribution in [0, 0.1) is 6.92 Å². The minimum atomic E-state index is 0.429. The van der Waals surface area contributed by atoms with Crippen molar-refractivity contribution >= 4 is 15.9 Å². The van der Waals surface area contributed by atoms with Gasteiger partial charge in [0.15, 0.2) is 0 Å². The average Bonchev–Trinajstić information content (AvgIpc) is 2.31. The summed E-state index contributed by atoms with van der Waals surface area (Å²) in [5.41, 5.74) is 2.51. The van der Waals surface area contributed by atoms with E-state index in [1.54, 1.807) is 0 Å². The van der Waals surface area contributed by atoms with Crippen LogP contribution in [0.25, 0.3) is 0 Å². The molecule has 1 N–H and O–H groups in total. The highest BCUT2D eigenvalue weighted by atomic mass is 79.9. The number of hydrogen-bond donors (Lipinski definition) is 1. The van der Waals surface area contributed by atoms with Crippen molar-refractivity contribution in [1.82, 2.24) is 5.32 Å². The molecule has 0 spiro atoms. The van der Waals surface area contributed by atoms with Crippen molar-refractivity contribution in [1.29, 1.82) is 0 Å². The van der Waals surface area contributed by atoms with Gasteiger partial charge >= 0.3 is 0 Å². The molecular formula is C13H18BrNO. The molecule has 1 atom stereocenters. The molecule has 0 saturated heterocycles. The highest BCUT2D eigenvalue weighted by Crippen LogP contribution is 2.39. The summed E-state index contributed by atoms with van der Waals surface area (Å²) in [5.74, 6) is 1.06. The summed E-state index contributed by atoms with van der Waals surface area (Å²) >= 11 is 3.63. The lowest BCUT2D eigenvalue weighted by Crippen LogP contribution is -2.28. The summed E-state index contributed by atoms with van der Waals surface area (Å²) in [6.45, 7) is 6.17. The maximum atomic E-state index is 5.78. The van der Waals surface area contributed by atoms with E-state index >= 15 is 0 Å². The molecule has 88 valence electrons. The van der Waals surface area contributed by atoms with Crippen LogP contribution in [0.1, 0.15) is 36.9 Å². The third-order valence-electron chi connectivity index (χ3n) is 2.98. The Morgan fingerprint density at radius 2 is 2.31 bits per heavy atom. The summed E-state index contributed by atoms with van der Waals surface area (Å²) < 4.78 is 6.93. The van der Waals surface area contributed by atoms with Gasteiger partial charge in [0, 0.05) is 22.5 Å². The van der Waals surface area contributed by atoms with E-state index in [2.05, 4.69) is 47.2 Å². The molecule has 1 aliphatic heterocycles. The fourth-order valence-corrected chi connectivity index (χ4v) is 2.74. The zero-order valence-electron chi connectivity index (χ0n) is 9.85. The van der Waals surface area contributed by atoms with Gasteiger partial charge in [0.2, 0.25) is 0 Å². The summed E-state index contributed by atoms with van der Waals surface area (Å²) in [6, 6.07) is 4.65. The van der Waals surface area contributed by atoms with Crippen molar-refractivity contribution < 1.29 is 4.74 Å². The van der Waals surface area contributed by atoms with E-state index in [0.717, 1.165) is 36.2 Å². The van der Waals surface area contributed by atoms with Gasteiger partial charge in [-0.1, -0.05) is 28.9 Å². The zero-order chi connectivity index (χ0) is 11.5. The first-order valence-electron chi connectivity index (χ1n) is 5.89. The molecule has 0 radical (unpaired) electrons. The first-order chi connectivity index (χ1) is 7.74. The zero-order valence-corrected chi connectivity index (χ0v) is 11.4. The molecule has 0 bridgehead atoms. The van der Waals surface area contributed by atoms with E-state index in [0.29, 0.717) is 6.04 Å². The third kappa shape index (κ3) is 2.25. The number of rotatable bonds is 3. The minimum Gasteiger partial charge on any atom is -0.493 e. The second kappa shape index (κ2) is 5.19. The van der Waals surface area contributed by atoms with Gasteiger partial charge in [-0.2, -0.15) is 0 Å². The Morgan fingerprint density at radius 1 is 1.50 bits per heavy atom. The van der Waals surface area contributed by atoms with E-state index in [9.17, 15) is 0 Å². The third-order valence-corrected chi connectivity index (χ3v) is 3.67. The van der Waals surface area contributed by atoms with Crippen molar-refractivity contribution in [2.75, 3.05) is 13.2 Å². The summed E-state index contributed by atoms with van der Waals surface area (Å²) in [4.78, 5) is 0. The van der Waals surface area contributed by atoms with Crippen molar-refractivity contribution in [3.05, 3.63) is 27.7 Å². The Balaban J connectivity index is 2.33. The summed E-state index contributed by atoms with van der Waals surface area (Å²) in [7, 11) is 0. The van der Waals surface area contributed by atoms with Gasteiger partial charge in [0.1, 0.15) is 5.75 Å². The average molecular weight is 284 g/mol. The number of fused-ring (bicyclic) bond motifs is 1. The van der Waals surface area contributed by atoms with E-state index in [1.807, 2.05) is 0 Å². The van der Waals surface area contributed by atoms with Crippen molar-refractivity contribution in [3.8, 4) is 5.75 Å². The van der Waals surface area contributed by atoms with Crippen LogP contribution in [-0.2, 0) is 0 Å². The first-order valence-corrected chi connectivity index (χ1v) is 6.68. The smallest absolute Gasteiger partial charge is 0.128 e. The molecule has 0 aromatic heterocycles. The molecule has 0 saturated carbocycles. The predicted octanol–water partition coefficient (Wildman–Crippen LogP) is 3.58. The maximum absolute atomic E-state index is 5.78. The van der Waals surface area contributed by atoms with Crippen LogP contribution < -0.4 is 10.1 Å². The van der Waals surface area contributed by atoms with Crippen LogP contribution in [-0.4, -0.2) is 13.2 Å². The molecule has 1 aromatic carbocycles. The predicted molar refractivity (Wildman–Crippen MR) is 70.0 cm³/mol. The van der Waals surface area contributed by atoms with Crippen LogP contribution in [0.4, 0.5) is 0 Å². The first kappa shape index (κ1) is 11.9. The van der Waals surface area contributed by atoms with E-state index in [1.165, 1.54) is 11.1 Å². The van der Waals surface area contributed by atoms with Crippen molar-refractivity contribution in [3.63, 3.8) is 0 Å². The lowest BCUT2D eigenvalue weighted by molar-refractivity contribution is 0.250.